The molecule has 0 N–H and O–H groups in total. The largest absolute Gasteiger partial charge is 0.309 e. The van der Waals surface area contributed by atoms with Crippen LogP contribution in [0.3, 0.4) is 0 Å². The molecule has 3 heteroatoms. The lowest BCUT2D eigenvalue weighted by molar-refractivity contribution is 1.17. The number of nitrogens with zero attached hydrogens (tertiary/aromatic N) is 3. The van der Waals surface area contributed by atoms with Crippen molar-refractivity contribution in [2.45, 2.75) is 0 Å². The SMILES string of the molecule is c1ccc(-c2cccc(-c3cc(-c4ccc5ccccc5c4)nc(-c4ccc(-n5c6cc7ccccc7cc6c6cc7ccccc7cc65)c(-c5ccccc5)c4)n3)c2)cc1. The van der Waals surface area contributed by atoms with E-state index in [9.17, 15) is 0 Å². The van der Waals surface area contributed by atoms with Crippen LogP contribution in [0.2, 0.25) is 0 Å². The Morgan fingerprint density at radius 3 is 1.38 bits per heavy atom. The van der Waals surface area contributed by atoms with Gasteiger partial charge in [-0.05, 0) is 110 Å². The van der Waals surface area contributed by atoms with Crippen LogP contribution in [-0.4, -0.2) is 14.5 Å². The summed E-state index contributed by atoms with van der Waals surface area (Å²) in [5.41, 5.74) is 12.8. The highest BCUT2D eigenvalue weighted by Gasteiger charge is 2.20. The summed E-state index contributed by atoms with van der Waals surface area (Å²) in [5.74, 6) is 0.675. The zero-order valence-electron chi connectivity index (χ0n) is 33.2. The molecule has 0 amide bonds. The van der Waals surface area contributed by atoms with Crippen molar-refractivity contribution in [3.05, 3.63) is 224 Å². The Bertz CT molecular complexity index is 3550. The van der Waals surface area contributed by atoms with E-state index in [0.29, 0.717) is 5.82 Å². The van der Waals surface area contributed by atoms with Gasteiger partial charge < -0.3 is 4.57 Å². The summed E-state index contributed by atoms with van der Waals surface area (Å²) in [7, 11) is 0. The summed E-state index contributed by atoms with van der Waals surface area (Å²) >= 11 is 0. The second kappa shape index (κ2) is 14.3. The van der Waals surface area contributed by atoms with Gasteiger partial charge in [0.1, 0.15) is 0 Å². The van der Waals surface area contributed by atoms with E-state index in [4.69, 9.17) is 9.97 Å². The first-order chi connectivity index (χ1) is 30.2. The van der Waals surface area contributed by atoms with Crippen LogP contribution in [0.4, 0.5) is 0 Å². The molecule has 2 heterocycles. The molecule has 284 valence electrons. The van der Waals surface area contributed by atoms with Gasteiger partial charge in [-0.3, -0.25) is 0 Å². The predicted octanol–water partition coefficient (Wildman–Crippen LogP) is 15.4. The first kappa shape index (κ1) is 34.9. The topological polar surface area (TPSA) is 30.7 Å². The molecule has 61 heavy (non-hydrogen) atoms. The van der Waals surface area contributed by atoms with Gasteiger partial charge in [-0.15, -0.1) is 0 Å². The van der Waals surface area contributed by atoms with Crippen molar-refractivity contribution < 1.29 is 0 Å². The average Bonchev–Trinajstić information content (AvgIpc) is 3.63. The van der Waals surface area contributed by atoms with Gasteiger partial charge in [-0.25, -0.2) is 9.97 Å². The molecule has 0 aliphatic heterocycles. The van der Waals surface area contributed by atoms with Crippen LogP contribution >= 0.6 is 0 Å². The molecular formula is C58H37N3. The number of fused-ring (bicyclic) bond motifs is 6. The van der Waals surface area contributed by atoms with Crippen LogP contribution in [-0.2, 0) is 0 Å². The van der Waals surface area contributed by atoms with E-state index in [2.05, 4.69) is 229 Å². The quantitative estimate of drug-likeness (QED) is 0.168. The van der Waals surface area contributed by atoms with Gasteiger partial charge in [0.15, 0.2) is 5.82 Å². The van der Waals surface area contributed by atoms with Crippen LogP contribution in [0.1, 0.15) is 0 Å². The Labute approximate surface area is 353 Å². The fourth-order valence-electron chi connectivity index (χ4n) is 9.08. The molecule has 0 saturated heterocycles. The van der Waals surface area contributed by atoms with Gasteiger partial charge in [-0.1, -0.05) is 164 Å². The van der Waals surface area contributed by atoms with Crippen LogP contribution in [0.15, 0.2) is 224 Å². The van der Waals surface area contributed by atoms with Gasteiger partial charge in [0.25, 0.3) is 0 Å². The zero-order valence-corrected chi connectivity index (χ0v) is 33.2. The normalized spacial score (nSPS) is 11.6. The molecular weight excluding hydrogens is 739 g/mol. The van der Waals surface area contributed by atoms with Gasteiger partial charge >= 0.3 is 0 Å². The maximum absolute atomic E-state index is 5.37. The lowest BCUT2D eigenvalue weighted by atomic mass is 9.98. The smallest absolute Gasteiger partial charge is 0.160 e. The standard InChI is InChI=1S/C58H37N3/c1-3-14-38(15-4-1)42-24-13-25-47(30-42)53-37-54(48-27-26-39-16-7-8-19-41(39)31-48)60-58(59-53)49-28-29-55(50(34-49)40-17-5-2-6-18-40)61-56-35-45-22-11-9-20-43(45)32-51(56)52-33-44-21-10-12-23-46(44)36-57(52)61/h1-37H. The second-order valence-corrected chi connectivity index (χ2v) is 15.8. The van der Waals surface area contributed by atoms with Crippen molar-refractivity contribution in [2.24, 2.45) is 0 Å². The van der Waals surface area contributed by atoms with Gasteiger partial charge in [0.05, 0.1) is 28.1 Å². The molecule has 2 aromatic heterocycles. The average molecular weight is 776 g/mol. The number of hydrogen-bond donors (Lipinski definition) is 0. The Balaban J connectivity index is 1.10. The third kappa shape index (κ3) is 6.14. The fourth-order valence-corrected chi connectivity index (χ4v) is 9.08. The van der Waals surface area contributed by atoms with E-state index < -0.39 is 0 Å². The third-order valence-corrected chi connectivity index (χ3v) is 12.1. The second-order valence-electron chi connectivity index (χ2n) is 15.8. The molecule has 12 rings (SSSR count). The van der Waals surface area contributed by atoms with Crippen LogP contribution in [0.25, 0.3) is 116 Å². The highest BCUT2D eigenvalue weighted by molar-refractivity contribution is 6.17. The molecule has 0 radical (unpaired) electrons. The Morgan fingerprint density at radius 2 is 0.754 bits per heavy atom. The maximum Gasteiger partial charge on any atom is 0.160 e. The van der Waals surface area contributed by atoms with Crippen LogP contribution < -0.4 is 0 Å². The lowest BCUT2D eigenvalue weighted by Gasteiger charge is -2.17. The molecule has 0 atom stereocenters. The molecule has 3 nitrogen and oxygen atoms in total. The van der Waals surface area contributed by atoms with E-state index in [0.717, 1.165) is 50.5 Å². The Hall–Kier alpha value is -8.14. The van der Waals surface area contributed by atoms with Crippen LogP contribution in [0, 0.1) is 0 Å². The molecule has 0 aliphatic carbocycles. The maximum atomic E-state index is 5.37. The minimum atomic E-state index is 0.675. The molecule has 0 aliphatic rings. The zero-order chi connectivity index (χ0) is 40.3. The van der Waals surface area contributed by atoms with E-state index in [1.165, 1.54) is 59.7 Å². The van der Waals surface area contributed by atoms with Crippen molar-refractivity contribution >= 4 is 54.1 Å². The number of rotatable bonds is 6. The van der Waals surface area contributed by atoms with Crippen molar-refractivity contribution in [3.63, 3.8) is 0 Å². The molecule has 0 spiro atoms. The summed E-state index contributed by atoms with van der Waals surface area (Å²) in [6.45, 7) is 0. The fraction of sp³-hybridized carbons (Fsp3) is 0. The van der Waals surface area contributed by atoms with Crippen molar-refractivity contribution in [1.29, 1.82) is 0 Å². The highest BCUT2D eigenvalue weighted by Crippen LogP contribution is 2.41. The van der Waals surface area contributed by atoms with E-state index in [1.54, 1.807) is 0 Å². The van der Waals surface area contributed by atoms with E-state index >= 15 is 0 Å². The van der Waals surface area contributed by atoms with Crippen molar-refractivity contribution in [1.82, 2.24) is 14.5 Å². The minimum absolute atomic E-state index is 0.675. The summed E-state index contributed by atoms with van der Waals surface area (Å²) in [6, 6.07) is 80.6. The van der Waals surface area contributed by atoms with Crippen molar-refractivity contribution in [2.75, 3.05) is 0 Å². The highest BCUT2D eigenvalue weighted by atomic mass is 15.0. The predicted molar refractivity (Wildman–Crippen MR) is 256 cm³/mol. The van der Waals surface area contributed by atoms with E-state index in [-0.39, 0.29) is 0 Å². The molecule has 12 aromatic rings. The van der Waals surface area contributed by atoms with Gasteiger partial charge in [0.2, 0.25) is 0 Å². The summed E-state index contributed by atoms with van der Waals surface area (Å²) < 4.78 is 2.46. The monoisotopic (exact) mass is 775 g/mol. The van der Waals surface area contributed by atoms with Crippen molar-refractivity contribution in [3.8, 4) is 61.8 Å². The summed E-state index contributed by atoms with van der Waals surface area (Å²) in [5, 5.41) is 9.73. The number of hydrogen-bond acceptors (Lipinski definition) is 2. The first-order valence-corrected chi connectivity index (χ1v) is 20.8. The lowest BCUT2D eigenvalue weighted by Crippen LogP contribution is -2.00. The summed E-state index contributed by atoms with van der Waals surface area (Å²) in [4.78, 5) is 10.7. The van der Waals surface area contributed by atoms with Crippen LogP contribution in [0.5, 0.6) is 0 Å². The minimum Gasteiger partial charge on any atom is -0.309 e. The first-order valence-electron chi connectivity index (χ1n) is 20.8. The molecule has 0 fully saturated rings. The Morgan fingerprint density at radius 1 is 0.279 bits per heavy atom. The molecule has 0 bridgehead atoms. The van der Waals surface area contributed by atoms with E-state index in [1.807, 2.05) is 0 Å². The molecule has 0 saturated carbocycles. The molecule has 10 aromatic carbocycles. The molecule has 0 unspecified atom stereocenters. The third-order valence-electron chi connectivity index (χ3n) is 12.1. The van der Waals surface area contributed by atoms with Gasteiger partial charge in [-0.2, -0.15) is 0 Å². The summed E-state index contributed by atoms with van der Waals surface area (Å²) in [6.07, 6.45) is 0. The number of benzene rings is 10. The Kier molecular flexibility index (Phi) is 8.17. The number of aromatic nitrogens is 3. The van der Waals surface area contributed by atoms with Gasteiger partial charge in [0, 0.05) is 33.0 Å².